The summed E-state index contributed by atoms with van der Waals surface area (Å²) in [6.45, 7) is 13.5. The van der Waals surface area contributed by atoms with Crippen molar-refractivity contribution in [2.75, 3.05) is 0 Å². The molecule has 0 bridgehead atoms. The zero-order valence-electron chi connectivity index (χ0n) is 12.5. The van der Waals surface area contributed by atoms with Gasteiger partial charge in [0.1, 0.15) is 0 Å². The van der Waals surface area contributed by atoms with Crippen LogP contribution in [0.1, 0.15) is 59.6 Å². The van der Waals surface area contributed by atoms with Gasteiger partial charge in [-0.05, 0) is 44.2 Å². The van der Waals surface area contributed by atoms with Gasteiger partial charge in [-0.2, -0.15) is 0 Å². The van der Waals surface area contributed by atoms with Gasteiger partial charge in [0.25, 0.3) is 0 Å². The van der Waals surface area contributed by atoms with E-state index >= 15 is 0 Å². The lowest BCUT2D eigenvalue weighted by Crippen LogP contribution is -2.43. The van der Waals surface area contributed by atoms with Crippen LogP contribution in [0.4, 0.5) is 0 Å². The molecule has 0 aliphatic heterocycles. The lowest BCUT2D eigenvalue weighted by atomic mass is 9.81. The SMILES string of the molecule is CC(NC(C)(C)CC(C)(C)C)c1ccccc1Cl. The molecule has 1 unspecified atom stereocenters. The predicted octanol–water partition coefficient (Wildman–Crippen LogP) is 5.21. The van der Waals surface area contributed by atoms with Crippen molar-refractivity contribution in [1.82, 2.24) is 5.32 Å². The normalized spacial score (nSPS) is 14.6. The molecule has 0 heterocycles. The number of nitrogens with one attached hydrogen (secondary N) is 1. The molecule has 0 aliphatic carbocycles. The Labute approximate surface area is 117 Å². The highest BCUT2D eigenvalue weighted by atomic mass is 35.5. The van der Waals surface area contributed by atoms with Gasteiger partial charge in [0, 0.05) is 16.6 Å². The smallest absolute Gasteiger partial charge is 0.0453 e. The molecule has 1 atom stereocenters. The molecule has 1 rings (SSSR count). The Morgan fingerprint density at radius 1 is 1.11 bits per heavy atom. The van der Waals surface area contributed by atoms with Crippen molar-refractivity contribution < 1.29 is 0 Å². The lowest BCUT2D eigenvalue weighted by Gasteiger charge is -2.36. The van der Waals surface area contributed by atoms with Gasteiger partial charge in [0.2, 0.25) is 0 Å². The van der Waals surface area contributed by atoms with Gasteiger partial charge in [-0.1, -0.05) is 50.6 Å². The van der Waals surface area contributed by atoms with E-state index in [0.29, 0.717) is 5.41 Å². The van der Waals surface area contributed by atoms with E-state index in [1.165, 1.54) is 5.56 Å². The molecule has 0 aromatic heterocycles. The first-order valence-electron chi connectivity index (χ1n) is 6.63. The largest absolute Gasteiger partial charge is 0.305 e. The van der Waals surface area contributed by atoms with Gasteiger partial charge in [-0.25, -0.2) is 0 Å². The Morgan fingerprint density at radius 3 is 2.17 bits per heavy atom. The van der Waals surface area contributed by atoms with Crippen molar-refractivity contribution >= 4 is 11.6 Å². The third-order valence-corrected chi connectivity index (χ3v) is 3.30. The van der Waals surface area contributed by atoms with Crippen LogP contribution >= 0.6 is 11.6 Å². The molecule has 1 N–H and O–H groups in total. The molecule has 0 saturated heterocycles. The topological polar surface area (TPSA) is 12.0 Å². The fourth-order valence-corrected chi connectivity index (χ4v) is 3.17. The molecular weight excluding hydrogens is 242 g/mol. The standard InChI is InChI=1S/C16H26ClN/c1-12(13-9-7-8-10-14(13)17)18-16(5,6)11-15(2,3)4/h7-10,12,18H,11H2,1-6H3. The molecule has 102 valence electrons. The minimum absolute atomic E-state index is 0.0941. The van der Waals surface area contributed by atoms with Crippen molar-refractivity contribution in [1.29, 1.82) is 0 Å². The van der Waals surface area contributed by atoms with Crippen molar-refractivity contribution in [2.45, 2.75) is 59.5 Å². The third kappa shape index (κ3) is 4.99. The van der Waals surface area contributed by atoms with Gasteiger partial charge in [0.05, 0.1) is 0 Å². The van der Waals surface area contributed by atoms with Crippen molar-refractivity contribution in [3.05, 3.63) is 34.9 Å². The highest BCUT2D eigenvalue weighted by molar-refractivity contribution is 6.31. The highest BCUT2D eigenvalue weighted by Crippen LogP contribution is 2.30. The highest BCUT2D eigenvalue weighted by Gasteiger charge is 2.27. The van der Waals surface area contributed by atoms with Crippen molar-refractivity contribution in [3.63, 3.8) is 0 Å². The van der Waals surface area contributed by atoms with Gasteiger partial charge in [-0.3, -0.25) is 0 Å². The van der Waals surface area contributed by atoms with Crippen LogP contribution in [0.25, 0.3) is 0 Å². The molecule has 1 nitrogen and oxygen atoms in total. The minimum atomic E-state index is 0.0941. The average Bonchev–Trinajstić information content (AvgIpc) is 2.12. The molecule has 0 fully saturated rings. The first-order valence-corrected chi connectivity index (χ1v) is 7.01. The van der Waals surface area contributed by atoms with Crippen LogP contribution in [0.2, 0.25) is 5.02 Å². The molecule has 0 aliphatic rings. The number of rotatable bonds is 4. The minimum Gasteiger partial charge on any atom is -0.305 e. The van der Waals surface area contributed by atoms with Crippen LogP contribution in [0.15, 0.2) is 24.3 Å². The second-order valence-corrected chi connectivity index (χ2v) is 7.42. The summed E-state index contributed by atoms with van der Waals surface area (Å²) in [4.78, 5) is 0. The van der Waals surface area contributed by atoms with Crippen molar-refractivity contribution in [3.8, 4) is 0 Å². The van der Waals surface area contributed by atoms with E-state index < -0.39 is 0 Å². The molecule has 0 radical (unpaired) electrons. The van der Waals surface area contributed by atoms with Gasteiger partial charge >= 0.3 is 0 Å². The van der Waals surface area contributed by atoms with Crippen LogP contribution in [0.3, 0.4) is 0 Å². The second kappa shape index (κ2) is 5.63. The van der Waals surface area contributed by atoms with Crippen LogP contribution in [-0.2, 0) is 0 Å². The van der Waals surface area contributed by atoms with E-state index in [-0.39, 0.29) is 11.6 Å². The maximum absolute atomic E-state index is 6.24. The molecular formula is C16H26ClN. The molecule has 0 saturated carbocycles. The number of hydrogen-bond acceptors (Lipinski definition) is 1. The fraction of sp³-hybridized carbons (Fsp3) is 0.625. The average molecular weight is 268 g/mol. The van der Waals surface area contributed by atoms with E-state index in [1.54, 1.807) is 0 Å². The Morgan fingerprint density at radius 2 is 1.67 bits per heavy atom. The fourth-order valence-electron chi connectivity index (χ4n) is 2.87. The Hall–Kier alpha value is -0.530. The monoisotopic (exact) mass is 267 g/mol. The number of halogens is 1. The second-order valence-electron chi connectivity index (χ2n) is 7.01. The maximum atomic E-state index is 6.24. The summed E-state index contributed by atoms with van der Waals surface area (Å²) < 4.78 is 0. The van der Waals surface area contributed by atoms with Crippen LogP contribution < -0.4 is 5.32 Å². The summed E-state index contributed by atoms with van der Waals surface area (Å²) in [7, 11) is 0. The van der Waals surface area contributed by atoms with Crippen LogP contribution in [0.5, 0.6) is 0 Å². The van der Waals surface area contributed by atoms with Gasteiger partial charge in [-0.15, -0.1) is 0 Å². The summed E-state index contributed by atoms with van der Waals surface area (Å²) in [5.74, 6) is 0. The molecule has 2 heteroatoms. The third-order valence-electron chi connectivity index (χ3n) is 2.95. The summed E-state index contributed by atoms with van der Waals surface area (Å²) in [5, 5.41) is 4.52. The van der Waals surface area contributed by atoms with Crippen molar-refractivity contribution in [2.24, 2.45) is 5.41 Å². The zero-order valence-corrected chi connectivity index (χ0v) is 13.2. The van der Waals surface area contributed by atoms with Gasteiger partial charge < -0.3 is 5.32 Å². The number of benzene rings is 1. The van der Waals surface area contributed by atoms with Crippen LogP contribution in [-0.4, -0.2) is 5.54 Å². The molecule has 18 heavy (non-hydrogen) atoms. The van der Waals surface area contributed by atoms with Gasteiger partial charge in [0.15, 0.2) is 0 Å². The van der Waals surface area contributed by atoms with Crippen LogP contribution in [0, 0.1) is 5.41 Å². The number of hydrogen-bond donors (Lipinski definition) is 1. The zero-order chi connectivity index (χ0) is 14.0. The molecule has 0 spiro atoms. The first kappa shape index (κ1) is 15.5. The lowest BCUT2D eigenvalue weighted by molar-refractivity contribution is 0.227. The Kier molecular flexibility index (Phi) is 4.85. The summed E-state index contributed by atoms with van der Waals surface area (Å²) in [5.41, 5.74) is 1.58. The molecule has 1 aromatic rings. The van der Waals surface area contributed by atoms with E-state index in [2.05, 4.69) is 52.9 Å². The van der Waals surface area contributed by atoms with E-state index in [9.17, 15) is 0 Å². The predicted molar refractivity (Wildman–Crippen MR) is 81.2 cm³/mol. The van der Waals surface area contributed by atoms with E-state index in [4.69, 9.17) is 11.6 Å². The maximum Gasteiger partial charge on any atom is 0.0453 e. The van der Waals surface area contributed by atoms with E-state index in [1.807, 2.05) is 18.2 Å². The summed E-state index contributed by atoms with van der Waals surface area (Å²) >= 11 is 6.24. The summed E-state index contributed by atoms with van der Waals surface area (Å²) in [6, 6.07) is 8.31. The Balaban J connectivity index is 2.76. The molecule has 0 amide bonds. The Bertz CT molecular complexity index is 390. The molecule has 1 aromatic carbocycles. The quantitative estimate of drug-likeness (QED) is 0.790. The summed E-state index contributed by atoms with van der Waals surface area (Å²) in [6.07, 6.45) is 1.12. The first-order chi connectivity index (χ1) is 8.11. The van der Waals surface area contributed by atoms with E-state index in [0.717, 1.165) is 11.4 Å².